The van der Waals surface area contributed by atoms with Crippen molar-refractivity contribution in [3.8, 4) is 0 Å². The minimum atomic E-state index is -1.32. The number of rotatable bonds is 2. The zero-order valence-electron chi connectivity index (χ0n) is 11.0. The van der Waals surface area contributed by atoms with Gasteiger partial charge in [-0.15, -0.1) is 0 Å². The highest BCUT2D eigenvalue weighted by atomic mass is 79.9. The Morgan fingerprint density at radius 2 is 1.86 bits per heavy atom. The van der Waals surface area contributed by atoms with Crippen molar-refractivity contribution in [2.45, 2.75) is 19.6 Å². The Kier molecular flexibility index (Phi) is 4.25. The maximum Gasteiger partial charge on any atom is 0.350 e. The van der Waals surface area contributed by atoms with Crippen LogP contribution in [0.4, 0.5) is 10.1 Å². The maximum atomic E-state index is 13.8. The van der Waals surface area contributed by atoms with Gasteiger partial charge in [-0.1, -0.05) is 11.6 Å². The third kappa shape index (κ3) is 3.36. The molecule has 0 saturated carbocycles. The lowest BCUT2D eigenvalue weighted by Gasteiger charge is -2.29. The van der Waals surface area contributed by atoms with Gasteiger partial charge in [0.2, 0.25) is 0 Å². The molecule has 1 fully saturated rings. The van der Waals surface area contributed by atoms with Crippen LogP contribution in [0.2, 0.25) is 5.02 Å². The maximum absolute atomic E-state index is 13.8. The van der Waals surface area contributed by atoms with Crippen LogP contribution in [-0.2, 0) is 19.1 Å². The molecule has 8 heteroatoms. The van der Waals surface area contributed by atoms with E-state index in [0.717, 1.165) is 6.20 Å². The standard InChI is InChI=1S/C13H10BrClFNO4/c1-13(2)20-11(18)6(12(19)21-13)5-17-8-4-3-7(14)9(15)10(8)16/h3-5,17H,1-2H3. The highest BCUT2D eigenvalue weighted by molar-refractivity contribution is 9.10. The van der Waals surface area contributed by atoms with Crippen LogP contribution in [-0.4, -0.2) is 17.7 Å². The van der Waals surface area contributed by atoms with Gasteiger partial charge in [-0.25, -0.2) is 14.0 Å². The monoisotopic (exact) mass is 377 g/mol. The predicted octanol–water partition coefficient (Wildman–Crippen LogP) is 3.37. The molecule has 1 heterocycles. The number of ether oxygens (including phenoxy) is 2. The molecule has 1 N–H and O–H groups in total. The Bertz CT molecular complexity index is 638. The van der Waals surface area contributed by atoms with Gasteiger partial charge in [0.25, 0.3) is 5.79 Å². The van der Waals surface area contributed by atoms with Crippen LogP contribution in [0.1, 0.15) is 13.8 Å². The summed E-state index contributed by atoms with van der Waals surface area (Å²) in [6, 6.07) is 2.92. The molecule has 0 amide bonds. The molecule has 0 atom stereocenters. The van der Waals surface area contributed by atoms with Gasteiger partial charge in [0, 0.05) is 24.5 Å². The zero-order chi connectivity index (χ0) is 15.8. The van der Waals surface area contributed by atoms with Gasteiger partial charge in [0.1, 0.15) is 0 Å². The van der Waals surface area contributed by atoms with Crippen molar-refractivity contribution in [2.75, 3.05) is 5.32 Å². The summed E-state index contributed by atoms with van der Waals surface area (Å²) in [4.78, 5) is 23.4. The number of halogens is 3. The lowest BCUT2D eigenvalue weighted by molar-refractivity contribution is -0.222. The molecule has 21 heavy (non-hydrogen) atoms. The van der Waals surface area contributed by atoms with Crippen molar-refractivity contribution in [1.29, 1.82) is 0 Å². The second-order valence-corrected chi connectivity index (χ2v) is 5.84. The first-order valence-electron chi connectivity index (χ1n) is 5.78. The molecule has 0 radical (unpaired) electrons. The molecule has 0 aliphatic carbocycles. The van der Waals surface area contributed by atoms with Gasteiger partial charge in [-0.3, -0.25) is 0 Å². The SMILES string of the molecule is CC1(C)OC(=O)C(=CNc2ccc(Br)c(Cl)c2F)C(=O)O1. The topological polar surface area (TPSA) is 64.6 Å². The molecule has 1 aliphatic rings. The third-order valence-electron chi connectivity index (χ3n) is 2.52. The molecule has 1 saturated heterocycles. The molecular formula is C13H10BrClFNO4. The Hall–Kier alpha value is -1.60. The van der Waals surface area contributed by atoms with Crippen LogP contribution < -0.4 is 5.32 Å². The highest BCUT2D eigenvalue weighted by Crippen LogP contribution is 2.30. The Balaban J connectivity index is 2.24. The zero-order valence-corrected chi connectivity index (χ0v) is 13.3. The fourth-order valence-corrected chi connectivity index (χ4v) is 2.04. The van der Waals surface area contributed by atoms with Crippen LogP contribution in [0.25, 0.3) is 0 Å². The number of esters is 2. The first-order chi connectivity index (χ1) is 9.71. The Morgan fingerprint density at radius 1 is 1.29 bits per heavy atom. The fraction of sp³-hybridized carbons (Fsp3) is 0.231. The first-order valence-corrected chi connectivity index (χ1v) is 6.95. The van der Waals surface area contributed by atoms with Gasteiger partial charge in [-0.05, 0) is 28.1 Å². The van der Waals surface area contributed by atoms with E-state index < -0.39 is 23.5 Å². The average Bonchev–Trinajstić information content (AvgIpc) is 2.36. The molecule has 0 bridgehead atoms. The second kappa shape index (κ2) is 5.65. The number of nitrogens with one attached hydrogen (secondary N) is 1. The van der Waals surface area contributed by atoms with Crippen LogP contribution in [0.3, 0.4) is 0 Å². The summed E-state index contributed by atoms with van der Waals surface area (Å²) in [5.74, 6) is -3.75. The molecule has 5 nitrogen and oxygen atoms in total. The van der Waals surface area contributed by atoms with E-state index >= 15 is 0 Å². The van der Waals surface area contributed by atoms with E-state index in [9.17, 15) is 14.0 Å². The number of hydrogen-bond acceptors (Lipinski definition) is 5. The summed E-state index contributed by atoms with van der Waals surface area (Å²) in [5, 5.41) is 2.38. The number of anilines is 1. The van der Waals surface area contributed by atoms with Crippen molar-refractivity contribution < 1.29 is 23.5 Å². The smallest absolute Gasteiger partial charge is 0.350 e. The number of cyclic esters (lactones) is 2. The highest BCUT2D eigenvalue weighted by Gasteiger charge is 2.38. The molecule has 1 aromatic rings. The van der Waals surface area contributed by atoms with Gasteiger partial charge >= 0.3 is 11.9 Å². The lowest BCUT2D eigenvalue weighted by atomic mass is 10.2. The van der Waals surface area contributed by atoms with Crippen LogP contribution in [0, 0.1) is 5.82 Å². The summed E-state index contributed by atoms with van der Waals surface area (Å²) in [6.45, 7) is 2.86. The summed E-state index contributed by atoms with van der Waals surface area (Å²) in [5.41, 5.74) is -0.367. The molecule has 0 unspecified atom stereocenters. The molecule has 1 aliphatic heterocycles. The fourth-order valence-electron chi connectivity index (χ4n) is 1.57. The van der Waals surface area contributed by atoms with Crippen LogP contribution in [0.15, 0.2) is 28.4 Å². The minimum absolute atomic E-state index is 0.00105. The van der Waals surface area contributed by atoms with E-state index in [1.807, 2.05) is 0 Å². The van der Waals surface area contributed by atoms with Crippen molar-refractivity contribution in [2.24, 2.45) is 0 Å². The Morgan fingerprint density at radius 3 is 2.43 bits per heavy atom. The van der Waals surface area contributed by atoms with Crippen molar-refractivity contribution in [3.05, 3.63) is 39.2 Å². The molecule has 0 spiro atoms. The van der Waals surface area contributed by atoms with Gasteiger partial charge in [0.05, 0.1) is 10.7 Å². The van der Waals surface area contributed by atoms with Crippen molar-refractivity contribution in [3.63, 3.8) is 0 Å². The normalized spacial score (nSPS) is 17.1. The van der Waals surface area contributed by atoms with E-state index in [2.05, 4.69) is 21.2 Å². The third-order valence-corrected chi connectivity index (χ3v) is 3.78. The molecule has 1 aromatic carbocycles. The summed E-state index contributed by atoms with van der Waals surface area (Å²) < 4.78 is 24.0. The molecule has 0 aromatic heterocycles. The first kappa shape index (κ1) is 15.8. The van der Waals surface area contributed by atoms with Gasteiger partial charge in [0.15, 0.2) is 11.4 Å². The number of hydrogen-bond donors (Lipinski definition) is 1. The Labute approximate surface area is 133 Å². The van der Waals surface area contributed by atoms with E-state index in [0.29, 0.717) is 4.47 Å². The average molecular weight is 379 g/mol. The number of carbonyl (C=O) groups excluding carboxylic acids is 2. The van der Waals surface area contributed by atoms with E-state index in [-0.39, 0.29) is 16.3 Å². The summed E-state index contributed by atoms with van der Waals surface area (Å²) >= 11 is 8.81. The van der Waals surface area contributed by atoms with Crippen LogP contribution >= 0.6 is 27.5 Å². The number of carbonyl (C=O) groups is 2. The summed E-state index contributed by atoms with van der Waals surface area (Å²) in [6.07, 6.45) is 1.02. The molecule has 112 valence electrons. The number of benzene rings is 1. The second-order valence-electron chi connectivity index (χ2n) is 4.60. The largest absolute Gasteiger partial charge is 0.419 e. The van der Waals surface area contributed by atoms with E-state index in [4.69, 9.17) is 21.1 Å². The van der Waals surface area contributed by atoms with E-state index in [1.54, 1.807) is 0 Å². The quantitative estimate of drug-likeness (QED) is 0.370. The lowest BCUT2D eigenvalue weighted by Crippen LogP contribution is -2.42. The van der Waals surface area contributed by atoms with Crippen molar-refractivity contribution in [1.82, 2.24) is 0 Å². The van der Waals surface area contributed by atoms with Crippen LogP contribution in [0.5, 0.6) is 0 Å². The summed E-state index contributed by atoms with van der Waals surface area (Å²) in [7, 11) is 0. The predicted molar refractivity (Wildman–Crippen MR) is 77.1 cm³/mol. The van der Waals surface area contributed by atoms with Gasteiger partial charge in [-0.2, -0.15) is 0 Å². The molecular weight excluding hydrogens is 369 g/mol. The molecule has 2 rings (SSSR count). The minimum Gasteiger partial charge on any atom is -0.419 e. The van der Waals surface area contributed by atoms with Gasteiger partial charge < -0.3 is 14.8 Å². The van der Waals surface area contributed by atoms with Crippen molar-refractivity contribution >= 4 is 45.2 Å². The van der Waals surface area contributed by atoms with E-state index in [1.165, 1.54) is 26.0 Å².